The van der Waals surface area contributed by atoms with Crippen LogP contribution in [0.2, 0.25) is 0 Å². The number of nitrogens with zero attached hydrogens (tertiary/aromatic N) is 4. The molecule has 0 atom stereocenters. The summed E-state index contributed by atoms with van der Waals surface area (Å²) in [6.07, 6.45) is 3.13. The number of amides is 1. The Bertz CT molecular complexity index is 1040. The van der Waals surface area contributed by atoms with E-state index in [0.717, 1.165) is 4.68 Å². The van der Waals surface area contributed by atoms with Gasteiger partial charge in [-0.3, -0.25) is 4.79 Å². The molecule has 21 heavy (non-hydrogen) atoms. The summed E-state index contributed by atoms with van der Waals surface area (Å²) in [4.78, 5) is 24.3. The first kappa shape index (κ1) is 11.6. The van der Waals surface area contributed by atoms with Crippen molar-refractivity contribution < 1.29 is 9.90 Å². The minimum absolute atomic E-state index is 0.223. The fourth-order valence-electron chi connectivity index (χ4n) is 2.56. The Kier molecular flexibility index (Phi) is 2.15. The predicted octanol–water partition coefficient (Wildman–Crippen LogP) is -0.791. The SMILES string of the molecule is Nn1c(O)c(C2=c3cccnc3=NC2=O)c2cccnc21. The van der Waals surface area contributed by atoms with Crippen molar-refractivity contribution in [1.82, 2.24) is 14.6 Å². The van der Waals surface area contributed by atoms with Gasteiger partial charge in [-0.05, 0) is 24.3 Å². The zero-order valence-corrected chi connectivity index (χ0v) is 10.7. The first-order valence-corrected chi connectivity index (χ1v) is 6.20. The fraction of sp³-hybridized carbons (Fsp3) is 0. The molecular weight excluding hydrogens is 270 g/mol. The molecule has 0 unspecified atom stereocenters. The fourth-order valence-corrected chi connectivity index (χ4v) is 2.56. The molecule has 0 saturated carbocycles. The van der Waals surface area contributed by atoms with Crippen molar-refractivity contribution in [1.29, 1.82) is 0 Å². The second-order valence-electron chi connectivity index (χ2n) is 4.61. The second-order valence-corrected chi connectivity index (χ2v) is 4.61. The molecule has 3 aromatic heterocycles. The van der Waals surface area contributed by atoms with Gasteiger partial charge >= 0.3 is 0 Å². The summed E-state index contributed by atoms with van der Waals surface area (Å²) in [6.45, 7) is 0. The molecular formula is C14H9N5O2. The van der Waals surface area contributed by atoms with Crippen molar-refractivity contribution in [2.24, 2.45) is 4.99 Å². The number of rotatable bonds is 1. The van der Waals surface area contributed by atoms with Crippen molar-refractivity contribution in [3.8, 4) is 5.88 Å². The normalized spacial score (nSPS) is 13.5. The number of aromatic nitrogens is 3. The zero-order chi connectivity index (χ0) is 14.6. The Morgan fingerprint density at radius 3 is 2.76 bits per heavy atom. The lowest BCUT2D eigenvalue weighted by molar-refractivity contribution is -0.112. The van der Waals surface area contributed by atoms with Gasteiger partial charge in [0, 0.05) is 23.0 Å². The highest BCUT2D eigenvalue weighted by Gasteiger charge is 2.27. The molecule has 1 aliphatic heterocycles. The Morgan fingerprint density at radius 1 is 1.14 bits per heavy atom. The number of fused-ring (bicyclic) bond motifs is 2. The van der Waals surface area contributed by atoms with E-state index in [0.29, 0.717) is 27.3 Å². The van der Waals surface area contributed by atoms with E-state index in [9.17, 15) is 9.90 Å². The number of nitrogens with two attached hydrogens (primary N) is 1. The van der Waals surface area contributed by atoms with Gasteiger partial charge in [0.05, 0.1) is 11.1 Å². The van der Waals surface area contributed by atoms with Crippen LogP contribution in [0, 0.1) is 0 Å². The molecule has 0 saturated heterocycles. The molecule has 1 aliphatic rings. The third kappa shape index (κ3) is 1.42. The van der Waals surface area contributed by atoms with Crippen LogP contribution in [-0.4, -0.2) is 25.7 Å². The van der Waals surface area contributed by atoms with E-state index in [4.69, 9.17) is 5.84 Å². The molecule has 0 spiro atoms. The van der Waals surface area contributed by atoms with E-state index in [1.807, 2.05) is 0 Å². The van der Waals surface area contributed by atoms with Gasteiger partial charge in [0.2, 0.25) is 5.88 Å². The van der Waals surface area contributed by atoms with Crippen LogP contribution in [0.15, 0.2) is 41.7 Å². The summed E-state index contributed by atoms with van der Waals surface area (Å²) >= 11 is 0. The lowest BCUT2D eigenvalue weighted by Crippen LogP contribution is -2.26. The van der Waals surface area contributed by atoms with Gasteiger partial charge in [-0.1, -0.05) is 0 Å². The van der Waals surface area contributed by atoms with Crippen molar-refractivity contribution in [3.05, 3.63) is 52.9 Å². The van der Waals surface area contributed by atoms with Gasteiger partial charge in [0.15, 0.2) is 11.1 Å². The predicted molar refractivity (Wildman–Crippen MR) is 74.1 cm³/mol. The molecule has 4 heterocycles. The highest BCUT2D eigenvalue weighted by molar-refractivity contribution is 6.24. The number of hydrogen-bond donors (Lipinski definition) is 2. The minimum atomic E-state index is -0.449. The molecule has 102 valence electrons. The van der Waals surface area contributed by atoms with Crippen LogP contribution in [0.25, 0.3) is 16.6 Å². The Hall–Kier alpha value is -3.22. The van der Waals surface area contributed by atoms with Crippen LogP contribution in [0.3, 0.4) is 0 Å². The summed E-state index contributed by atoms with van der Waals surface area (Å²) in [5.74, 6) is 5.13. The Morgan fingerprint density at radius 2 is 1.90 bits per heavy atom. The van der Waals surface area contributed by atoms with Gasteiger partial charge in [-0.2, -0.15) is 4.99 Å². The molecule has 3 aromatic rings. The zero-order valence-electron chi connectivity index (χ0n) is 10.7. The van der Waals surface area contributed by atoms with E-state index < -0.39 is 5.91 Å². The third-order valence-corrected chi connectivity index (χ3v) is 3.46. The highest BCUT2D eigenvalue weighted by Crippen LogP contribution is 2.33. The minimum Gasteiger partial charge on any atom is -0.493 e. The van der Waals surface area contributed by atoms with Crippen molar-refractivity contribution >= 4 is 22.5 Å². The molecule has 3 N–H and O–H groups in total. The van der Waals surface area contributed by atoms with E-state index in [1.54, 1.807) is 36.7 Å². The van der Waals surface area contributed by atoms with Crippen LogP contribution < -0.4 is 16.5 Å². The van der Waals surface area contributed by atoms with Crippen LogP contribution in [-0.2, 0) is 4.79 Å². The number of carbonyl (C=O) groups excluding carboxylic acids is 1. The van der Waals surface area contributed by atoms with Crippen LogP contribution in [0.4, 0.5) is 0 Å². The molecule has 7 nitrogen and oxygen atoms in total. The van der Waals surface area contributed by atoms with Crippen molar-refractivity contribution in [2.75, 3.05) is 5.84 Å². The van der Waals surface area contributed by atoms with E-state index in [1.165, 1.54) is 0 Å². The highest BCUT2D eigenvalue weighted by atomic mass is 16.3. The average Bonchev–Trinajstić information content (AvgIpc) is 2.95. The maximum Gasteiger partial charge on any atom is 0.280 e. The second kappa shape index (κ2) is 3.89. The standard InChI is InChI=1S/C14H9N5O2/c15-19-12-8(4-2-6-17-12)10(14(19)21)9-7-3-1-5-16-11(7)18-13(9)20/h1-6,21H,15H2. The molecule has 1 amide bonds. The molecule has 4 rings (SSSR count). The Labute approximate surface area is 117 Å². The topological polar surface area (TPSA) is 106 Å². The molecule has 0 radical (unpaired) electrons. The summed E-state index contributed by atoms with van der Waals surface area (Å²) < 4.78 is 1.05. The van der Waals surface area contributed by atoms with Crippen LogP contribution >= 0.6 is 0 Å². The summed E-state index contributed by atoms with van der Waals surface area (Å²) in [6, 6.07) is 6.91. The molecule has 7 heteroatoms. The first-order valence-electron chi connectivity index (χ1n) is 6.20. The number of nitrogen functional groups attached to an aromatic ring is 1. The Balaban J connectivity index is 2.22. The molecule has 0 aromatic carbocycles. The monoisotopic (exact) mass is 279 g/mol. The first-order chi connectivity index (χ1) is 10.2. The number of carbonyl (C=O) groups is 1. The largest absolute Gasteiger partial charge is 0.493 e. The maximum atomic E-state index is 12.2. The van der Waals surface area contributed by atoms with E-state index >= 15 is 0 Å². The summed E-state index contributed by atoms with van der Waals surface area (Å²) in [5, 5.41) is 11.5. The summed E-state index contributed by atoms with van der Waals surface area (Å²) in [5.41, 5.74) is 1.36. The van der Waals surface area contributed by atoms with Crippen LogP contribution in [0.1, 0.15) is 5.56 Å². The maximum absolute atomic E-state index is 12.2. The lowest BCUT2D eigenvalue weighted by Gasteiger charge is -2.00. The van der Waals surface area contributed by atoms with Crippen molar-refractivity contribution in [2.45, 2.75) is 0 Å². The van der Waals surface area contributed by atoms with Crippen molar-refractivity contribution in [3.63, 3.8) is 0 Å². The third-order valence-electron chi connectivity index (χ3n) is 3.46. The van der Waals surface area contributed by atoms with Gasteiger partial charge in [-0.25, -0.2) is 14.6 Å². The van der Waals surface area contributed by atoms with E-state index in [-0.39, 0.29) is 11.5 Å². The number of hydrogen-bond acceptors (Lipinski definition) is 5. The van der Waals surface area contributed by atoms with Gasteiger partial charge in [0.1, 0.15) is 0 Å². The van der Waals surface area contributed by atoms with Crippen LogP contribution in [0.5, 0.6) is 5.88 Å². The quantitative estimate of drug-likeness (QED) is 0.568. The molecule has 0 fully saturated rings. The van der Waals surface area contributed by atoms with Gasteiger partial charge in [0.25, 0.3) is 5.91 Å². The number of pyridine rings is 2. The lowest BCUT2D eigenvalue weighted by atomic mass is 10.0. The smallest absolute Gasteiger partial charge is 0.280 e. The van der Waals surface area contributed by atoms with Gasteiger partial charge < -0.3 is 10.9 Å². The molecule has 0 bridgehead atoms. The summed E-state index contributed by atoms with van der Waals surface area (Å²) in [7, 11) is 0. The number of aromatic hydroxyl groups is 1. The van der Waals surface area contributed by atoms with Gasteiger partial charge in [-0.15, -0.1) is 0 Å². The average molecular weight is 279 g/mol. The molecule has 0 aliphatic carbocycles. The van der Waals surface area contributed by atoms with E-state index in [2.05, 4.69) is 15.0 Å².